The van der Waals surface area contributed by atoms with Gasteiger partial charge in [-0.2, -0.15) is 0 Å². The van der Waals surface area contributed by atoms with Crippen LogP contribution in [0.25, 0.3) is 0 Å². The predicted octanol–water partition coefficient (Wildman–Crippen LogP) is 4.65. The van der Waals surface area contributed by atoms with E-state index in [1.165, 1.54) is 5.56 Å². The molecule has 0 saturated carbocycles. The molecule has 2 aromatic carbocycles. The molecule has 3 nitrogen and oxygen atoms in total. The topological polar surface area (TPSA) is 18.5 Å². The molecule has 0 radical (unpaired) electrons. The van der Waals surface area contributed by atoms with E-state index in [1.54, 1.807) is 0 Å². The summed E-state index contributed by atoms with van der Waals surface area (Å²) in [5, 5.41) is 0. The molecule has 0 amide bonds. The zero-order valence-electron chi connectivity index (χ0n) is 15.7. The molecule has 134 valence electrons. The van der Waals surface area contributed by atoms with Crippen molar-refractivity contribution in [3.05, 3.63) is 78.9 Å². The van der Waals surface area contributed by atoms with Crippen molar-refractivity contribution in [2.24, 2.45) is 0 Å². The van der Waals surface area contributed by atoms with Gasteiger partial charge >= 0.3 is 0 Å². The summed E-state index contributed by atoms with van der Waals surface area (Å²) in [5.74, 6) is 0.857. The van der Waals surface area contributed by atoms with Crippen LogP contribution in [0.1, 0.15) is 18.9 Å². The van der Waals surface area contributed by atoms with Gasteiger partial charge in [0, 0.05) is 5.56 Å². The number of likely N-dealkylation sites (N-methyl/N-ethyl adjacent to an activating group) is 1. The van der Waals surface area contributed by atoms with Crippen LogP contribution in [0.4, 0.5) is 0 Å². The Morgan fingerprint density at radius 2 is 1.60 bits per heavy atom. The first-order chi connectivity index (χ1) is 12.0. The lowest BCUT2D eigenvalue weighted by atomic mass is 10.0. The van der Waals surface area contributed by atoms with Crippen molar-refractivity contribution in [2.45, 2.75) is 25.6 Å². The van der Waals surface area contributed by atoms with E-state index < -0.39 is 5.72 Å². The Bertz CT molecular complexity index is 640. The average molecular weight is 340 g/mol. The van der Waals surface area contributed by atoms with Gasteiger partial charge < -0.3 is 9.47 Å². The molecule has 0 heterocycles. The number of ether oxygens (including phenoxy) is 2. The minimum absolute atomic E-state index is 0.469. The quantitative estimate of drug-likeness (QED) is 0.356. The lowest BCUT2D eigenvalue weighted by molar-refractivity contribution is -0.979. The highest BCUT2D eigenvalue weighted by atomic mass is 16.6. The summed E-state index contributed by atoms with van der Waals surface area (Å²) in [6.07, 6.45) is 2.64. The van der Waals surface area contributed by atoms with Crippen LogP contribution in [-0.4, -0.2) is 37.5 Å². The van der Waals surface area contributed by atoms with E-state index in [1.807, 2.05) is 49.4 Å². The molecule has 2 rings (SSSR count). The van der Waals surface area contributed by atoms with Crippen LogP contribution in [0.2, 0.25) is 0 Å². The standard InChI is InChI=1S/C22H30NO2/c1-5-17-22(25-6-2,19-24-21-15-11-8-12-16-21)23(3,4)18-20-13-9-7-10-14-20/h5,7-16H,1,6,17-19H2,2-4H3/q+1. The molecule has 0 N–H and O–H groups in total. The third-order valence-corrected chi connectivity index (χ3v) is 4.61. The Morgan fingerprint density at radius 3 is 2.16 bits per heavy atom. The third-order valence-electron chi connectivity index (χ3n) is 4.61. The van der Waals surface area contributed by atoms with Crippen molar-refractivity contribution in [3.8, 4) is 5.75 Å². The maximum absolute atomic E-state index is 6.30. The fraction of sp³-hybridized carbons (Fsp3) is 0.364. The molecule has 0 aliphatic rings. The number of benzene rings is 2. The summed E-state index contributed by atoms with van der Waals surface area (Å²) in [4.78, 5) is 0. The fourth-order valence-electron chi connectivity index (χ4n) is 3.15. The smallest absolute Gasteiger partial charge is 0.241 e. The number of hydrogen-bond acceptors (Lipinski definition) is 2. The van der Waals surface area contributed by atoms with Gasteiger partial charge in [0.1, 0.15) is 12.3 Å². The number of quaternary nitrogens is 1. The Morgan fingerprint density at radius 1 is 1.00 bits per heavy atom. The van der Waals surface area contributed by atoms with Gasteiger partial charge in [-0.1, -0.05) is 54.6 Å². The second kappa shape index (κ2) is 8.84. The fourth-order valence-corrected chi connectivity index (χ4v) is 3.15. The van der Waals surface area contributed by atoms with Crippen molar-refractivity contribution in [1.82, 2.24) is 0 Å². The molecular weight excluding hydrogens is 310 g/mol. The first-order valence-electron chi connectivity index (χ1n) is 8.83. The first-order valence-corrected chi connectivity index (χ1v) is 8.83. The number of rotatable bonds is 10. The zero-order chi connectivity index (χ0) is 18.2. The van der Waals surface area contributed by atoms with Gasteiger partial charge in [-0.05, 0) is 19.1 Å². The SMILES string of the molecule is C=CCC(COc1ccccc1)(OCC)[N+](C)(C)Cc1ccccc1. The molecule has 0 spiro atoms. The van der Waals surface area contributed by atoms with Gasteiger partial charge in [-0.25, -0.2) is 0 Å². The number of para-hydroxylation sites is 1. The lowest BCUT2D eigenvalue weighted by Gasteiger charge is -2.47. The van der Waals surface area contributed by atoms with Gasteiger partial charge in [-0.15, -0.1) is 6.58 Å². The Hall–Kier alpha value is -2.10. The summed E-state index contributed by atoms with van der Waals surface area (Å²) in [5.41, 5.74) is 0.780. The highest BCUT2D eigenvalue weighted by molar-refractivity contribution is 5.21. The molecule has 0 fully saturated rings. The molecule has 0 aliphatic heterocycles. The molecule has 0 saturated heterocycles. The summed E-state index contributed by atoms with van der Waals surface area (Å²) in [7, 11) is 4.39. The largest absolute Gasteiger partial charge is 0.484 e. The summed E-state index contributed by atoms with van der Waals surface area (Å²) < 4.78 is 13.1. The highest BCUT2D eigenvalue weighted by Crippen LogP contribution is 2.31. The normalized spacial score (nSPS) is 13.9. The Kier molecular flexibility index (Phi) is 6.80. The van der Waals surface area contributed by atoms with Crippen LogP contribution < -0.4 is 4.74 Å². The van der Waals surface area contributed by atoms with Crippen molar-refractivity contribution < 1.29 is 14.0 Å². The van der Waals surface area contributed by atoms with E-state index in [0.29, 0.717) is 24.1 Å². The molecule has 1 unspecified atom stereocenters. The zero-order valence-corrected chi connectivity index (χ0v) is 15.7. The van der Waals surface area contributed by atoms with Gasteiger partial charge in [0.25, 0.3) is 0 Å². The van der Waals surface area contributed by atoms with Crippen LogP contribution >= 0.6 is 0 Å². The van der Waals surface area contributed by atoms with Crippen LogP contribution in [0.3, 0.4) is 0 Å². The third kappa shape index (κ3) is 4.94. The van der Waals surface area contributed by atoms with E-state index in [-0.39, 0.29) is 0 Å². The molecule has 3 heteroatoms. The van der Waals surface area contributed by atoms with E-state index in [9.17, 15) is 0 Å². The second-order valence-corrected chi connectivity index (χ2v) is 6.80. The van der Waals surface area contributed by atoms with Gasteiger partial charge in [0.2, 0.25) is 5.72 Å². The van der Waals surface area contributed by atoms with Crippen molar-refractivity contribution in [3.63, 3.8) is 0 Å². The monoisotopic (exact) mass is 340 g/mol. The van der Waals surface area contributed by atoms with Gasteiger partial charge in [-0.3, -0.25) is 4.48 Å². The van der Waals surface area contributed by atoms with Crippen LogP contribution in [0.15, 0.2) is 73.3 Å². The van der Waals surface area contributed by atoms with Gasteiger partial charge in [0.15, 0.2) is 6.61 Å². The van der Waals surface area contributed by atoms with E-state index in [2.05, 4.69) is 44.9 Å². The summed E-state index contributed by atoms with van der Waals surface area (Å²) in [6, 6.07) is 20.4. The van der Waals surface area contributed by atoms with Crippen LogP contribution in [0, 0.1) is 0 Å². The number of nitrogens with zero attached hydrogens (tertiary/aromatic N) is 1. The molecule has 0 aliphatic carbocycles. The van der Waals surface area contributed by atoms with Crippen LogP contribution in [0.5, 0.6) is 5.75 Å². The molecule has 1 atom stereocenters. The minimum Gasteiger partial charge on any atom is -0.484 e. The Balaban J connectivity index is 2.26. The minimum atomic E-state index is -0.498. The molecule has 0 aromatic heterocycles. The molecule has 2 aromatic rings. The lowest BCUT2D eigenvalue weighted by Crippen LogP contribution is -2.63. The summed E-state index contributed by atoms with van der Waals surface area (Å²) in [6.45, 7) is 7.94. The first kappa shape index (κ1) is 19.2. The van der Waals surface area contributed by atoms with E-state index in [4.69, 9.17) is 9.47 Å². The van der Waals surface area contributed by atoms with Crippen molar-refractivity contribution >= 4 is 0 Å². The molecule has 0 bridgehead atoms. The number of hydrogen-bond donors (Lipinski definition) is 0. The maximum Gasteiger partial charge on any atom is 0.241 e. The summed E-state index contributed by atoms with van der Waals surface area (Å²) >= 11 is 0. The average Bonchev–Trinajstić information content (AvgIpc) is 2.61. The van der Waals surface area contributed by atoms with E-state index >= 15 is 0 Å². The van der Waals surface area contributed by atoms with Crippen molar-refractivity contribution in [1.29, 1.82) is 0 Å². The Labute approximate surface area is 152 Å². The molecule has 25 heavy (non-hydrogen) atoms. The highest BCUT2D eigenvalue weighted by Gasteiger charge is 2.47. The maximum atomic E-state index is 6.30. The predicted molar refractivity (Wildman–Crippen MR) is 103 cm³/mol. The van der Waals surface area contributed by atoms with E-state index in [0.717, 1.165) is 12.3 Å². The van der Waals surface area contributed by atoms with Crippen molar-refractivity contribution in [2.75, 3.05) is 27.3 Å². The van der Waals surface area contributed by atoms with Gasteiger partial charge in [0.05, 0.1) is 27.1 Å². The second-order valence-electron chi connectivity index (χ2n) is 6.80. The van der Waals surface area contributed by atoms with Crippen LogP contribution in [-0.2, 0) is 11.3 Å². The molecular formula is C22H30NO2+.